The summed E-state index contributed by atoms with van der Waals surface area (Å²) in [6, 6.07) is 22.2. The van der Waals surface area contributed by atoms with E-state index < -0.39 is 6.04 Å². The lowest BCUT2D eigenvalue weighted by molar-refractivity contribution is -0.133. The first-order valence-electron chi connectivity index (χ1n) is 11.6. The van der Waals surface area contributed by atoms with Gasteiger partial charge in [0.2, 0.25) is 5.91 Å². The van der Waals surface area contributed by atoms with E-state index in [2.05, 4.69) is 52.4 Å². The second-order valence-corrected chi connectivity index (χ2v) is 8.61. The molecule has 1 atom stereocenters. The number of aliphatic imine (C=N–C) groups is 1. The van der Waals surface area contributed by atoms with Gasteiger partial charge in [-0.1, -0.05) is 54.6 Å². The van der Waals surface area contributed by atoms with Crippen molar-refractivity contribution in [2.45, 2.75) is 31.8 Å². The molecule has 0 aliphatic rings. The van der Waals surface area contributed by atoms with E-state index in [1.165, 1.54) is 16.3 Å². The van der Waals surface area contributed by atoms with Crippen LogP contribution in [0.15, 0.2) is 77.9 Å². The molecule has 0 spiro atoms. The minimum atomic E-state index is -0.599. The zero-order valence-electron chi connectivity index (χ0n) is 19.3. The zero-order valence-corrected chi connectivity index (χ0v) is 19.3. The molecule has 1 heterocycles. The first kappa shape index (κ1) is 23.3. The van der Waals surface area contributed by atoms with Gasteiger partial charge in [0.1, 0.15) is 0 Å². The fraction of sp³-hybridized carbons (Fsp3) is 0.259. The minimum Gasteiger partial charge on any atom is -0.370 e. The van der Waals surface area contributed by atoms with Crippen LogP contribution in [0.1, 0.15) is 24.0 Å². The standard InChI is InChI=1S/C27H32N6O/c28-24(9-5-14-31-27(29)30)26(34)33(15-13-22-17-32-25-10-4-3-8-23(22)25)18-19-11-12-20-6-1-2-7-21(20)16-19/h1-4,6-8,10-12,16-17,24,32H,5,9,13-15,18,28H2,(H4,29,30,31). The molecular formula is C27H32N6O. The number of hydrogen-bond acceptors (Lipinski definition) is 3. The van der Waals surface area contributed by atoms with Crippen molar-refractivity contribution in [1.82, 2.24) is 9.88 Å². The fourth-order valence-electron chi connectivity index (χ4n) is 4.30. The fourth-order valence-corrected chi connectivity index (χ4v) is 4.30. The van der Waals surface area contributed by atoms with E-state index in [4.69, 9.17) is 17.2 Å². The summed E-state index contributed by atoms with van der Waals surface area (Å²) in [5, 5.41) is 3.52. The van der Waals surface area contributed by atoms with E-state index in [9.17, 15) is 4.79 Å². The zero-order chi connectivity index (χ0) is 23.9. The van der Waals surface area contributed by atoms with Crippen LogP contribution < -0.4 is 17.2 Å². The molecule has 1 aromatic heterocycles. The molecule has 0 bridgehead atoms. The van der Waals surface area contributed by atoms with Crippen LogP contribution in [0, 0.1) is 0 Å². The van der Waals surface area contributed by atoms with Crippen molar-refractivity contribution in [1.29, 1.82) is 0 Å². The monoisotopic (exact) mass is 456 g/mol. The molecule has 7 N–H and O–H groups in total. The minimum absolute atomic E-state index is 0.0524. The number of amides is 1. The normalized spacial score (nSPS) is 12.0. The summed E-state index contributed by atoms with van der Waals surface area (Å²) in [5.41, 5.74) is 20.5. The Labute approximate surface area is 199 Å². The van der Waals surface area contributed by atoms with Crippen LogP contribution >= 0.6 is 0 Å². The number of benzene rings is 3. The molecular weight excluding hydrogens is 424 g/mol. The van der Waals surface area contributed by atoms with Gasteiger partial charge in [-0.05, 0) is 53.3 Å². The highest BCUT2D eigenvalue weighted by Crippen LogP contribution is 2.20. The van der Waals surface area contributed by atoms with Gasteiger partial charge in [0.05, 0.1) is 6.04 Å². The molecule has 0 fully saturated rings. The number of fused-ring (bicyclic) bond motifs is 2. The van der Waals surface area contributed by atoms with Crippen molar-refractivity contribution in [3.63, 3.8) is 0 Å². The van der Waals surface area contributed by atoms with Gasteiger partial charge in [-0.15, -0.1) is 0 Å². The lowest BCUT2D eigenvalue weighted by Crippen LogP contribution is -2.44. The number of para-hydroxylation sites is 1. The van der Waals surface area contributed by atoms with Gasteiger partial charge >= 0.3 is 0 Å². The Hall–Kier alpha value is -3.84. The topological polar surface area (TPSA) is 127 Å². The number of H-pyrrole nitrogens is 1. The Kier molecular flexibility index (Phi) is 7.44. The van der Waals surface area contributed by atoms with Gasteiger partial charge in [-0.2, -0.15) is 0 Å². The molecule has 1 unspecified atom stereocenters. The lowest BCUT2D eigenvalue weighted by Gasteiger charge is -2.26. The number of nitrogens with one attached hydrogen (secondary N) is 1. The maximum Gasteiger partial charge on any atom is 0.239 e. The van der Waals surface area contributed by atoms with E-state index in [1.807, 2.05) is 35.4 Å². The number of hydrogen-bond donors (Lipinski definition) is 4. The molecule has 7 nitrogen and oxygen atoms in total. The van der Waals surface area contributed by atoms with E-state index >= 15 is 0 Å². The molecule has 3 aromatic carbocycles. The van der Waals surface area contributed by atoms with Crippen molar-refractivity contribution < 1.29 is 4.79 Å². The third kappa shape index (κ3) is 5.74. The molecule has 0 saturated heterocycles. The SMILES string of the molecule is NC(N)=NCCCC(N)C(=O)N(CCc1c[nH]c2ccccc12)Cc1ccc2ccccc2c1. The lowest BCUT2D eigenvalue weighted by atomic mass is 10.0. The predicted octanol–water partition coefficient (Wildman–Crippen LogP) is 3.27. The smallest absolute Gasteiger partial charge is 0.239 e. The Morgan fingerprint density at radius 1 is 1.00 bits per heavy atom. The third-order valence-electron chi connectivity index (χ3n) is 6.11. The van der Waals surface area contributed by atoms with Crippen LogP contribution in [0.25, 0.3) is 21.7 Å². The summed E-state index contributed by atoms with van der Waals surface area (Å²) in [6.45, 7) is 1.55. The average molecular weight is 457 g/mol. The summed E-state index contributed by atoms with van der Waals surface area (Å²) in [4.78, 5) is 22.5. The summed E-state index contributed by atoms with van der Waals surface area (Å²) in [6.07, 6.45) is 3.94. The highest BCUT2D eigenvalue weighted by molar-refractivity contribution is 5.85. The number of aromatic nitrogens is 1. The molecule has 0 aliphatic carbocycles. The van der Waals surface area contributed by atoms with Crippen molar-refractivity contribution in [3.8, 4) is 0 Å². The molecule has 4 rings (SSSR count). The van der Waals surface area contributed by atoms with E-state index in [0.717, 1.165) is 22.9 Å². The van der Waals surface area contributed by atoms with Crippen molar-refractivity contribution in [2.24, 2.45) is 22.2 Å². The van der Waals surface area contributed by atoms with Crippen LogP contribution in [-0.4, -0.2) is 40.9 Å². The number of nitrogens with zero attached hydrogens (tertiary/aromatic N) is 2. The van der Waals surface area contributed by atoms with Crippen LogP contribution in [0.5, 0.6) is 0 Å². The van der Waals surface area contributed by atoms with Crippen LogP contribution in [-0.2, 0) is 17.8 Å². The highest BCUT2D eigenvalue weighted by Gasteiger charge is 2.21. The number of rotatable bonds is 10. The number of guanidine groups is 1. The van der Waals surface area contributed by atoms with Crippen molar-refractivity contribution >= 4 is 33.5 Å². The van der Waals surface area contributed by atoms with E-state index in [-0.39, 0.29) is 11.9 Å². The molecule has 0 aliphatic heterocycles. The van der Waals surface area contributed by atoms with Gasteiger partial charge in [0, 0.05) is 36.7 Å². The molecule has 1 amide bonds. The maximum atomic E-state index is 13.4. The largest absolute Gasteiger partial charge is 0.370 e. The van der Waals surface area contributed by atoms with Crippen LogP contribution in [0.3, 0.4) is 0 Å². The number of nitrogens with two attached hydrogens (primary N) is 3. The Bertz CT molecular complexity index is 1290. The molecule has 0 radical (unpaired) electrons. The summed E-state index contributed by atoms with van der Waals surface area (Å²) < 4.78 is 0. The van der Waals surface area contributed by atoms with Gasteiger partial charge in [-0.3, -0.25) is 9.79 Å². The van der Waals surface area contributed by atoms with E-state index in [0.29, 0.717) is 32.5 Å². The van der Waals surface area contributed by atoms with Gasteiger partial charge in [-0.25, -0.2) is 0 Å². The molecule has 7 heteroatoms. The van der Waals surface area contributed by atoms with Gasteiger partial charge in [0.15, 0.2) is 5.96 Å². The van der Waals surface area contributed by atoms with Crippen LogP contribution in [0.4, 0.5) is 0 Å². The van der Waals surface area contributed by atoms with Gasteiger partial charge < -0.3 is 27.1 Å². The van der Waals surface area contributed by atoms with Crippen molar-refractivity contribution in [3.05, 3.63) is 84.1 Å². The maximum absolute atomic E-state index is 13.4. The second kappa shape index (κ2) is 10.9. The predicted molar refractivity (Wildman–Crippen MR) is 139 cm³/mol. The van der Waals surface area contributed by atoms with E-state index in [1.54, 1.807) is 0 Å². The Morgan fingerprint density at radius 3 is 2.59 bits per heavy atom. The van der Waals surface area contributed by atoms with Crippen LogP contribution in [0.2, 0.25) is 0 Å². The average Bonchev–Trinajstić information content (AvgIpc) is 3.26. The number of aromatic amines is 1. The quantitative estimate of drug-likeness (QED) is 0.166. The molecule has 34 heavy (non-hydrogen) atoms. The highest BCUT2D eigenvalue weighted by atomic mass is 16.2. The van der Waals surface area contributed by atoms with Crippen molar-refractivity contribution in [2.75, 3.05) is 13.1 Å². The Morgan fingerprint density at radius 2 is 1.76 bits per heavy atom. The molecule has 4 aromatic rings. The number of carbonyl (C=O) groups is 1. The second-order valence-electron chi connectivity index (χ2n) is 8.61. The molecule has 0 saturated carbocycles. The number of carbonyl (C=O) groups excluding carboxylic acids is 1. The summed E-state index contributed by atoms with van der Waals surface area (Å²) in [7, 11) is 0. The summed E-state index contributed by atoms with van der Waals surface area (Å²) in [5.74, 6) is -0.00532. The third-order valence-corrected chi connectivity index (χ3v) is 6.11. The first-order valence-corrected chi connectivity index (χ1v) is 11.6. The van der Waals surface area contributed by atoms with Gasteiger partial charge in [0.25, 0.3) is 0 Å². The first-order chi connectivity index (χ1) is 16.5. The summed E-state index contributed by atoms with van der Waals surface area (Å²) >= 11 is 0. The molecule has 176 valence electrons. The Balaban J connectivity index is 1.50.